The molecule has 0 bridgehead atoms. The molecule has 19 atom stereocenters. The number of aliphatic hydroxyl groups excluding tert-OH is 5. The molecule has 0 spiro atoms. The third kappa shape index (κ3) is 6.31. The van der Waals surface area contributed by atoms with Gasteiger partial charge in [0, 0.05) is 11.3 Å². The van der Waals surface area contributed by atoms with Gasteiger partial charge in [-0.05, 0) is 103 Å². The quantitative estimate of drug-likeness (QED) is 0.144. The number of rotatable bonds is 7. The van der Waals surface area contributed by atoms with Crippen LogP contribution in [0.5, 0.6) is 0 Å². The van der Waals surface area contributed by atoms with Gasteiger partial charge in [-0.25, -0.2) is 9.59 Å². The van der Waals surface area contributed by atoms with E-state index >= 15 is 0 Å². The first-order valence-corrected chi connectivity index (χ1v) is 20.6. The van der Waals surface area contributed by atoms with E-state index < -0.39 is 95.7 Å². The number of ketones is 1. The second-order valence-electron chi connectivity index (χ2n) is 20.5. The SMILES string of the molecule is CC1(C)[C@@H](O[C@@H]2O[C@H](C(=O)O)[C@@H](O)[C@H](O)[C@H]2O[C@@H]2O[C@H](C(=O)O)[C@@H](O)[C@H](O)[C@H]2O)CC[C@]2(C)[C@H]3C(=O)C=C4[C@@H]5C[C@@](C)(C=O)CC[C@]5(C)CC[C@@]4(C)[C@]3(C)CC[C@@H]12. The van der Waals surface area contributed by atoms with Crippen molar-refractivity contribution in [2.75, 3.05) is 0 Å². The molecule has 0 aromatic rings. The van der Waals surface area contributed by atoms with Crippen LogP contribution in [-0.4, -0.2) is 127 Å². The number of carboxylic acids is 2. The van der Waals surface area contributed by atoms with E-state index in [0.717, 1.165) is 51.2 Å². The highest BCUT2D eigenvalue weighted by atomic mass is 16.8. The van der Waals surface area contributed by atoms with E-state index in [1.54, 1.807) is 0 Å². The smallest absolute Gasteiger partial charge is 0.335 e. The minimum Gasteiger partial charge on any atom is -0.479 e. The molecule has 2 heterocycles. The van der Waals surface area contributed by atoms with E-state index in [1.807, 2.05) is 26.8 Å². The second kappa shape index (κ2) is 14.1. The highest BCUT2D eigenvalue weighted by Gasteiger charge is 2.70. The predicted molar refractivity (Wildman–Crippen MR) is 198 cm³/mol. The number of hydrogen-bond acceptors (Lipinski definition) is 13. The van der Waals surface area contributed by atoms with Crippen molar-refractivity contribution >= 4 is 24.0 Å². The lowest BCUT2D eigenvalue weighted by molar-refractivity contribution is -0.371. The van der Waals surface area contributed by atoms with E-state index in [2.05, 4.69) is 27.7 Å². The first kappa shape index (κ1) is 42.8. The number of carboxylic acid groups (broad SMARTS) is 2. The lowest BCUT2D eigenvalue weighted by Gasteiger charge is -2.70. The van der Waals surface area contributed by atoms with Gasteiger partial charge in [0.2, 0.25) is 0 Å². The Kier molecular flexibility index (Phi) is 10.6. The Hall–Kier alpha value is -2.34. The maximum atomic E-state index is 14.8. The van der Waals surface area contributed by atoms with Crippen LogP contribution in [0.1, 0.15) is 106 Å². The molecule has 0 aromatic heterocycles. The third-order valence-electron chi connectivity index (χ3n) is 17.0. The highest BCUT2D eigenvalue weighted by Crippen LogP contribution is 2.75. The van der Waals surface area contributed by atoms with Crippen molar-refractivity contribution in [2.24, 2.45) is 50.2 Å². The molecule has 0 unspecified atom stereocenters. The molecule has 0 aromatic carbocycles. The minimum atomic E-state index is -2.03. The maximum Gasteiger partial charge on any atom is 0.335 e. The molecule has 15 nitrogen and oxygen atoms in total. The zero-order valence-corrected chi connectivity index (χ0v) is 34.0. The average molecular weight is 807 g/mol. The summed E-state index contributed by atoms with van der Waals surface area (Å²) >= 11 is 0. The molecule has 0 radical (unpaired) electrons. The van der Waals surface area contributed by atoms with Gasteiger partial charge in [-0.1, -0.05) is 54.0 Å². The number of hydrogen-bond donors (Lipinski definition) is 7. The normalized spacial score (nSPS) is 53.3. The number of aldehydes is 1. The van der Waals surface area contributed by atoms with E-state index in [4.69, 9.17) is 18.9 Å². The summed E-state index contributed by atoms with van der Waals surface area (Å²) < 4.78 is 23.4. The summed E-state index contributed by atoms with van der Waals surface area (Å²) in [6, 6.07) is 0. The molecule has 0 amide bonds. The molecule has 57 heavy (non-hydrogen) atoms. The van der Waals surface area contributed by atoms with E-state index in [-0.39, 0.29) is 39.8 Å². The first-order chi connectivity index (χ1) is 26.4. The van der Waals surface area contributed by atoms with Gasteiger partial charge in [-0.2, -0.15) is 0 Å². The summed E-state index contributed by atoms with van der Waals surface area (Å²) in [5, 5.41) is 72.7. The predicted octanol–water partition coefficient (Wildman–Crippen LogP) is 2.36. The fraction of sp³-hybridized carbons (Fsp3) is 0.857. The molecule has 7 rings (SSSR count). The molecule has 7 aliphatic rings. The van der Waals surface area contributed by atoms with Gasteiger partial charge in [0.25, 0.3) is 0 Å². The van der Waals surface area contributed by atoms with Gasteiger partial charge < -0.3 is 59.5 Å². The van der Waals surface area contributed by atoms with Crippen LogP contribution in [-0.2, 0) is 38.1 Å². The average Bonchev–Trinajstić information content (AvgIpc) is 3.13. The molecule has 6 fully saturated rings. The van der Waals surface area contributed by atoms with Crippen LogP contribution in [0.3, 0.4) is 0 Å². The number of carbonyl (C=O) groups is 4. The zero-order valence-electron chi connectivity index (χ0n) is 34.0. The number of aliphatic hydroxyl groups is 5. The van der Waals surface area contributed by atoms with E-state index in [1.165, 1.54) is 5.57 Å². The third-order valence-corrected chi connectivity index (χ3v) is 17.0. The number of allylic oxidation sites excluding steroid dienone is 2. The van der Waals surface area contributed by atoms with Crippen molar-refractivity contribution < 1.29 is 73.9 Å². The van der Waals surface area contributed by atoms with Crippen LogP contribution >= 0.6 is 0 Å². The lowest BCUT2D eigenvalue weighted by Crippen LogP contribution is -2.68. The van der Waals surface area contributed by atoms with Crippen LogP contribution in [0.15, 0.2) is 11.6 Å². The first-order valence-electron chi connectivity index (χ1n) is 20.6. The maximum absolute atomic E-state index is 14.8. The molecule has 15 heteroatoms. The van der Waals surface area contributed by atoms with Crippen molar-refractivity contribution in [1.82, 2.24) is 0 Å². The monoisotopic (exact) mass is 806 g/mol. The largest absolute Gasteiger partial charge is 0.479 e. The number of fused-ring (bicyclic) bond motifs is 7. The van der Waals surface area contributed by atoms with Gasteiger partial charge in [0.05, 0.1) is 6.10 Å². The summed E-state index contributed by atoms with van der Waals surface area (Å²) in [5.41, 5.74) is -0.911. The minimum absolute atomic E-state index is 0.0299. The van der Waals surface area contributed by atoms with Gasteiger partial charge >= 0.3 is 11.9 Å². The van der Waals surface area contributed by atoms with Crippen molar-refractivity contribution in [3.05, 3.63) is 11.6 Å². The Bertz CT molecular complexity index is 1680. The van der Waals surface area contributed by atoms with Crippen molar-refractivity contribution in [2.45, 2.75) is 174 Å². The Morgan fingerprint density at radius 1 is 0.737 bits per heavy atom. The number of aliphatic carboxylic acids is 2. The Morgan fingerprint density at radius 3 is 1.95 bits per heavy atom. The van der Waals surface area contributed by atoms with Crippen molar-refractivity contribution in [3.63, 3.8) is 0 Å². The molecule has 5 aliphatic carbocycles. The fourth-order valence-electron chi connectivity index (χ4n) is 13.3. The van der Waals surface area contributed by atoms with Crippen LogP contribution in [0.25, 0.3) is 0 Å². The van der Waals surface area contributed by atoms with Gasteiger partial charge in [-0.3, -0.25) is 4.79 Å². The molecule has 2 aliphatic heterocycles. The highest BCUT2D eigenvalue weighted by molar-refractivity contribution is 5.95. The van der Waals surface area contributed by atoms with E-state index in [0.29, 0.717) is 12.8 Å². The van der Waals surface area contributed by atoms with Crippen LogP contribution < -0.4 is 0 Å². The topological polar surface area (TPSA) is 247 Å². The summed E-state index contributed by atoms with van der Waals surface area (Å²) in [7, 11) is 0. The zero-order chi connectivity index (χ0) is 42.0. The van der Waals surface area contributed by atoms with Gasteiger partial charge in [-0.15, -0.1) is 0 Å². The number of ether oxygens (including phenoxy) is 4. The van der Waals surface area contributed by atoms with Gasteiger partial charge in [0.1, 0.15) is 42.9 Å². The molecular formula is C42H62O15. The molecule has 7 N–H and O–H groups in total. The Labute approximate surface area is 333 Å². The summed E-state index contributed by atoms with van der Waals surface area (Å²) in [6.07, 6.45) is -9.95. The van der Waals surface area contributed by atoms with Crippen LogP contribution in [0, 0.1) is 50.2 Å². The Balaban J connectivity index is 1.17. The van der Waals surface area contributed by atoms with Crippen LogP contribution in [0.4, 0.5) is 0 Å². The lowest BCUT2D eigenvalue weighted by atomic mass is 9.33. The van der Waals surface area contributed by atoms with E-state index in [9.17, 15) is 54.9 Å². The summed E-state index contributed by atoms with van der Waals surface area (Å²) in [5.74, 6) is -3.34. The Morgan fingerprint density at radius 2 is 1.33 bits per heavy atom. The molecular weight excluding hydrogens is 744 g/mol. The van der Waals surface area contributed by atoms with Gasteiger partial charge in [0.15, 0.2) is 30.6 Å². The fourth-order valence-corrected chi connectivity index (χ4v) is 13.3. The molecule has 320 valence electrons. The van der Waals surface area contributed by atoms with Crippen molar-refractivity contribution in [3.8, 4) is 0 Å². The molecule has 2 saturated heterocycles. The van der Waals surface area contributed by atoms with Crippen LogP contribution in [0.2, 0.25) is 0 Å². The van der Waals surface area contributed by atoms with Crippen molar-refractivity contribution in [1.29, 1.82) is 0 Å². The number of carbonyl (C=O) groups excluding carboxylic acids is 2. The molecule has 4 saturated carbocycles. The second-order valence-corrected chi connectivity index (χ2v) is 20.5. The summed E-state index contributed by atoms with van der Waals surface area (Å²) in [4.78, 5) is 51.1. The standard InChI is InChI=1S/C42H62O15/c1-37(2)22-8-11-42(7)32(21(44)16-19-20-17-38(3,18-43)12-13-39(20,4)14-15-41(19,42)6)40(22,5)10-9-23(37)54-36-31(27(48)26(47)30(56-36)34(52)53)57-35-28(49)24(45)25(46)29(55-35)33(50)51/h16,18,20,22-32,35-36,45-49H,8-15,17H2,1-7H3,(H,50,51)(H,52,53)/t20-,22-,23-,24-,25-,26-,27-,28+,29-,30-,31+,32+,35-,36+,38-,39+,40-,41+,42+/m0/s1. The summed E-state index contributed by atoms with van der Waals surface area (Å²) in [6.45, 7) is 15.3.